The zero-order chi connectivity index (χ0) is 16.5. The molecule has 0 atom stereocenters. The minimum Gasteiger partial charge on any atom is -0.357 e. The first-order valence-corrected chi connectivity index (χ1v) is 9.62. The minimum atomic E-state index is -3.04. The summed E-state index contributed by atoms with van der Waals surface area (Å²) in [6.45, 7) is 5.00. The van der Waals surface area contributed by atoms with Gasteiger partial charge in [0.2, 0.25) is 10.0 Å². The first kappa shape index (κ1) is 17.7. The summed E-state index contributed by atoms with van der Waals surface area (Å²) in [7, 11) is -3.04. The van der Waals surface area contributed by atoms with Crippen LogP contribution in [0, 0.1) is 0 Å². The van der Waals surface area contributed by atoms with Crippen molar-refractivity contribution in [2.75, 3.05) is 38.5 Å². The third kappa shape index (κ3) is 5.80. The molecule has 23 heavy (non-hydrogen) atoms. The van der Waals surface area contributed by atoms with E-state index < -0.39 is 10.0 Å². The van der Waals surface area contributed by atoms with Crippen LogP contribution in [0.5, 0.6) is 0 Å². The van der Waals surface area contributed by atoms with E-state index in [4.69, 9.17) is 0 Å². The molecule has 128 valence electrons. The number of nitrogens with zero attached hydrogens (tertiary/aromatic N) is 3. The fraction of sp³-hybridized carbons (Fsp3) is 0.600. The van der Waals surface area contributed by atoms with Crippen molar-refractivity contribution in [2.24, 2.45) is 4.99 Å². The quantitative estimate of drug-likeness (QED) is 0.548. The molecule has 1 aliphatic heterocycles. The van der Waals surface area contributed by atoms with E-state index >= 15 is 0 Å². The summed E-state index contributed by atoms with van der Waals surface area (Å²) in [5, 5.41) is 6.41. The Labute approximate surface area is 138 Å². The van der Waals surface area contributed by atoms with E-state index in [0.29, 0.717) is 32.0 Å². The van der Waals surface area contributed by atoms with Crippen molar-refractivity contribution in [3.05, 3.63) is 30.1 Å². The van der Waals surface area contributed by atoms with Crippen LogP contribution in [0.15, 0.2) is 29.4 Å². The van der Waals surface area contributed by atoms with Crippen molar-refractivity contribution in [3.63, 3.8) is 0 Å². The number of hydrogen-bond donors (Lipinski definition) is 2. The summed E-state index contributed by atoms with van der Waals surface area (Å²) in [5.74, 6) is 0.971. The van der Waals surface area contributed by atoms with Gasteiger partial charge in [0.05, 0.1) is 12.3 Å². The van der Waals surface area contributed by atoms with Crippen LogP contribution in [0.25, 0.3) is 0 Å². The summed E-state index contributed by atoms with van der Waals surface area (Å²) in [4.78, 5) is 8.72. The topological polar surface area (TPSA) is 86.7 Å². The first-order chi connectivity index (χ1) is 11.1. The molecular formula is C15H25N5O2S. The normalized spacial score (nSPS) is 18.0. The van der Waals surface area contributed by atoms with Gasteiger partial charge < -0.3 is 10.6 Å². The Morgan fingerprint density at radius 1 is 1.39 bits per heavy atom. The molecule has 1 fully saturated rings. The van der Waals surface area contributed by atoms with E-state index in [1.54, 1.807) is 6.20 Å². The summed E-state index contributed by atoms with van der Waals surface area (Å²) in [6, 6.07) is 5.86. The van der Waals surface area contributed by atoms with Crippen LogP contribution in [-0.4, -0.2) is 62.1 Å². The molecule has 2 N–H and O–H groups in total. The smallest absolute Gasteiger partial charge is 0.214 e. The summed E-state index contributed by atoms with van der Waals surface area (Å²) in [5.41, 5.74) is 1.03. The van der Waals surface area contributed by atoms with Gasteiger partial charge in [-0.25, -0.2) is 12.7 Å². The van der Waals surface area contributed by atoms with Gasteiger partial charge >= 0.3 is 0 Å². The SMILES string of the molecule is CCNC(=NCCN1CCCS1(=O)=O)NCCc1ccccn1. The number of sulfonamides is 1. The zero-order valence-electron chi connectivity index (χ0n) is 13.5. The van der Waals surface area contributed by atoms with Gasteiger partial charge in [0.15, 0.2) is 5.96 Å². The number of nitrogens with one attached hydrogen (secondary N) is 2. The van der Waals surface area contributed by atoms with Gasteiger partial charge in [-0.2, -0.15) is 0 Å². The predicted octanol–water partition coefficient (Wildman–Crippen LogP) is 0.215. The maximum Gasteiger partial charge on any atom is 0.214 e. The van der Waals surface area contributed by atoms with Crippen LogP contribution in [0.4, 0.5) is 0 Å². The molecule has 0 amide bonds. The maximum absolute atomic E-state index is 11.7. The number of rotatable bonds is 7. The number of guanidine groups is 1. The van der Waals surface area contributed by atoms with Crippen LogP contribution >= 0.6 is 0 Å². The van der Waals surface area contributed by atoms with E-state index in [-0.39, 0.29) is 5.75 Å². The van der Waals surface area contributed by atoms with Crippen molar-refractivity contribution < 1.29 is 8.42 Å². The van der Waals surface area contributed by atoms with Gasteiger partial charge in [0, 0.05) is 44.5 Å². The molecule has 8 heteroatoms. The number of aliphatic imine (C=N–C) groups is 1. The Balaban J connectivity index is 1.78. The standard InChI is InChI=1S/C15H25N5O2S/c1-2-16-15(18-9-7-14-6-3-4-8-17-14)19-10-12-20-11-5-13-23(20,21)22/h3-4,6,8H,2,5,7,9-13H2,1H3,(H2,16,18,19). The molecule has 1 aromatic heterocycles. The molecule has 0 aliphatic carbocycles. The van der Waals surface area contributed by atoms with Crippen LogP contribution in [-0.2, 0) is 16.4 Å². The van der Waals surface area contributed by atoms with Crippen LogP contribution in [0.2, 0.25) is 0 Å². The Kier molecular flexibility index (Phi) is 6.79. The molecular weight excluding hydrogens is 314 g/mol. The molecule has 0 bridgehead atoms. The molecule has 0 spiro atoms. The molecule has 1 aromatic rings. The lowest BCUT2D eigenvalue weighted by molar-refractivity contribution is 0.452. The fourth-order valence-corrected chi connectivity index (χ4v) is 3.93. The summed E-state index contributed by atoms with van der Waals surface area (Å²) in [6.07, 6.45) is 3.31. The molecule has 7 nitrogen and oxygen atoms in total. The van der Waals surface area contributed by atoms with Crippen molar-refractivity contribution in [3.8, 4) is 0 Å². The largest absolute Gasteiger partial charge is 0.357 e. The second kappa shape index (κ2) is 8.83. The second-order valence-corrected chi connectivity index (χ2v) is 7.42. The second-order valence-electron chi connectivity index (χ2n) is 5.33. The van der Waals surface area contributed by atoms with Gasteiger partial charge in [0.1, 0.15) is 0 Å². The maximum atomic E-state index is 11.7. The van der Waals surface area contributed by atoms with E-state index in [1.807, 2.05) is 25.1 Å². The third-order valence-corrected chi connectivity index (χ3v) is 5.52. The highest BCUT2D eigenvalue weighted by atomic mass is 32.2. The van der Waals surface area contributed by atoms with Crippen LogP contribution in [0.3, 0.4) is 0 Å². The van der Waals surface area contributed by atoms with Crippen LogP contribution in [0.1, 0.15) is 19.0 Å². The molecule has 2 rings (SSSR count). The van der Waals surface area contributed by atoms with E-state index in [9.17, 15) is 8.42 Å². The van der Waals surface area contributed by atoms with Gasteiger partial charge in [0.25, 0.3) is 0 Å². The zero-order valence-corrected chi connectivity index (χ0v) is 14.3. The molecule has 0 unspecified atom stereocenters. The average Bonchev–Trinajstić information content (AvgIpc) is 2.87. The highest BCUT2D eigenvalue weighted by Gasteiger charge is 2.27. The Hall–Kier alpha value is -1.67. The minimum absolute atomic E-state index is 0.263. The average molecular weight is 339 g/mol. The van der Waals surface area contributed by atoms with E-state index in [2.05, 4.69) is 20.6 Å². The number of pyridine rings is 1. The molecule has 1 aliphatic rings. The van der Waals surface area contributed by atoms with Crippen molar-refractivity contribution in [2.45, 2.75) is 19.8 Å². The molecule has 1 saturated heterocycles. The van der Waals surface area contributed by atoms with E-state index in [1.165, 1.54) is 4.31 Å². The van der Waals surface area contributed by atoms with Crippen molar-refractivity contribution in [1.82, 2.24) is 19.9 Å². The Morgan fingerprint density at radius 2 is 2.26 bits per heavy atom. The molecule has 2 heterocycles. The van der Waals surface area contributed by atoms with Gasteiger partial charge in [-0.3, -0.25) is 9.98 Å². The highest BCUT2D eigenvalue weighted by Crippen LogP contribution is 2.12. The van der Waals surface area contributed by atoms with E-state index in [0.717, 1.165) is 25.2 Å². The van der Waals surface area contributed by atoms with Crippen molar-refractivity contribution >= 4 is 16.0 Å². The third-order valence-electron chi connectivity index (χ3n) is 3.57. The number of hydrogen-bond acceptors (Lipinski definition) is 4. The molecule has 0 aromatic carbocycles. The van der Waals surface area contributed by atoms with Gasteiger partial charge in [-0.05, 0) is 25.5 Å². The van der Waals surface area contributed by atoms with Gasteiger partial charge in [-0.1, -0.05) is 6.07 Å². The van der Waals surface area contributed by atoms with Crippen molar-refractivity contribution in [1.29, 1.82) is 0 Å². The number of aromatic nitrogens is 1. The summed E-state index contributed by atoms with van der Waals surface area (Å²) >= 11 is 0. The predicted molar refractivity (Wildman–Crippen MR) is 91.9 cm³/mol. The van der Waals surface area contributed by atoms with Gasteiger partial charge in [-0.15, -0.1) is 0 Å². The summed E-state index contributed by atoms with van der Waals surface area (Å²) < 4.78 is 25.0. The Morgan fingerprint density at radius 3 is 2.91 bits per heavy atom. The lowest BCUT2D eigenvalue weighted by Crippen LogP contribution is -2.39. The highest BCUT2D eigenvalue weighted by molar-refractivity contribution is 7.89. The first-order valence-electron chi connectivity index (χ1n) is 8.02. The lowest BCUT2D eigenvalue weighted by Gasteiger charge is -2.14. The Bertz CT molecular complexity index is 604. The fourth-order valence-electron chi connectivity index (χ4n) is 2.41. The lowest BCUT2D eigenvalue weighted by atomic mass is 10.3. The monoisotopic (exact) mass is 339 g/mol. The molecule has 0 saturated carbocycles. The van der Waals surface area contributed by atoms with Crippen LogP contribution < -0.4 is 10.6 Å². The molecule has 0 radical (unpaired) electrons.